The fraction of sp³-hybridized carbons (Fsp3) is 0.333. The van der Waals surface area contributed by atoms with E-state index in [2.05, 4.69) is 0 Å². The molecule has 0 unspecified atom stereocenters. The van der Waals surface area contributed by atoms with Gasteiger partial charge in [-0.1, -0.05) is 19.4 Å². The number of carbonyl (C=O) groups is 2. The highest BCUT2D eigenvalue weighted by atomic mass is 16.5. The fourth-order valence-electron chi connectivity index (χ4n) is 3.44. The van der Waals surface area contributed by atoms with E-state index in [1.54, 1.807) is 18.2 Å². The van der Waals surface area contributed by atoms with Crippen molar-refractivity contribution in [1.82, 2.24) is 0 Å². The Bertz CT molecular complexity index is 1040. The van der Waals surface area contributed by atoms with Crippen LogP contribution in [-0.2, 0) is 4.74 Å². The fourth-order valence-corrected chi connectivity index (χ4v) is 3.44. The normalized spacial score (nSPS) is 13.1. The summed E-state index contributed by atoms with van der Waals surface area (Å²) in [6, 6.07) is 8.10. The minimum Gasteiger partial charge on any atom is -0.493 e. The maximum Gasteiger partial charge on any atom is 0.229 e. The number of hydrogen-bond acceptors (Lipinski definition) is 7. The van der Waals surface area contributed by atoms with Crippen molar-refractivity contribution in [3.63, 3.8) is 0 Å². The Morgan fingerprint density at radius 1 is 0.710 bits per heavy atom. The van der Waals surface area contributed by atoms with Crippen LogP contribution < -0.4 is 18.9 Å². The molecule has 0 atom stereocenters. The molecule has 0 aromatic heterocycles. The summed E-state index contributed by atoms with van der Waals surface area (Å²) in [6.07, 6.45) is 1.64. The van der Waals surface area contributed by atoms with Crippen molar-refractivity contribution in [3.05, 3.63) is 52.8 Å². The molecular formula is C24H26O7. The molecule has 0 spiro atoms. The van der Waals surface area contributed by atoms with Crippen LogP contribution in [0.25, 0.3) is 5.57 Å². The predicted octanol–water partition coefficient (Wildman–Crippen LogP) is 4.33. The Morgan fingerprint density at radius 3 is 1.81 bits per heavy atom. The smallest absolute Gasteiger partial charge is 0.229 e. The number of methoxy groups -OCH3 is 4. The van der Waals surface area contributed by atoms with E-state index >= 15 is 0 Å². The van der Waals surface area contributed by atoms with E-state index in [0.29, 0.717) is 35.2 Å². The Hall–Kier alpha value is -3.48. The zero-order valence-electron chi connectivity index (χ0n) is 18.4. The van der Waals surface area contributed by atoms with Gasteiger partial charge in [-0.25, -0.2) is 0 Å². The van der Waals surface area contributed by atoms with Crippen molar-refractivity contribution in [2.75, 3.05) is 35.0 Å². The number of ether oxygens (including phenoxy) is 5. The zero-order valence-corrected chi connectivity index (χ0v) is 18.4. The molecule has 3 rings (SSSR count). The molecule has 0 saturated heterocycles. The third kappa shape index (κ3) is 4.08. The SMILES string of the molecule is CCCCOC1=C(c2ccc(OC)c(OC)c2)C(=O)c2cc(OC)c(OC)cc2C1=O. The Balaban J connectivity index is 2.21. The molecule has 0 heterocycles. The van der Waals surface area contributed by atoms with Gasteiger partial charge >= 0.3 is 0 Å². The second-order valence-electron chi connectivity index (χ2n) is 6.89. The number of benzene rings is 2. The predicted molar refractivity (Wildman–Crippen MR) is 116 cm³/mol. The molecule has 1 aliphatic carbocycles. The Labute approximate surface area is 181 Å². The number of fused-ring (bicyclic) bond motifs is 1. The molecule has 0 radical (unpaired) electrons. The number of allylic oxidation sites excluding steroid dienone is 2. The maximum absolute atomic E-state index is 13.6. The van der Waals surface area contributed by atoms with Crippen LogP contribution in [-0.4, -0.2) is 46.6 Å². The van der Waals surface area contributed by atoms with Gasteiger partial charge in [0.15, 0.2) is 34.5 Å². The molecular weight excluding hydrogens is 400 g/mol. The lowest BCUT2D eigenvalue weighted by atomic mass is 9.84. The van der Waals surface area contributed by atoms with E-state index in [1.807, 2.05) is 6.92 Å². The number of carbonyl (C=O) groups excluding carboxylic acids is 2. The molecule has 1 aliphatic rings. The van der Waals surface area contributed by atoms with Crippen molar-refractivity contribution in [1.29, 1.82) is 0 Å². The number of ketones is 2. The zero-order chi connectivity index (χ0) is 22.5. The topological polar surface area (TPSA) is 80.3 Å². The summed E-state index contributed by atoms with van der Waals surface area (Å²) < 4.78 is 27.2. The number of rotatable bonds is 9. The lowest BCUT2D eigenvalue weighted by Gasteiger charge is -2.23. The Kier molecular flexibility index (Phi) is 6.84. The van der Waals surface area contributed by atoms with Crippen LogP contribution in [0.5, 0.6) is 23.0 Å². The maximum atomic E-state index is 13.6. The van der Waals surface area contributed by atoms with Crippen molar-refractivity contribution in [2.24, 2.45) is 0 Å². The van der Waals surface area contributed by atoms with Crippen molar-refractivity contribution in [2.45, 2.75) is 19.8 Å². The summed E-state index contributed by atoms with van der Waals surface area (Å²) in [7, 11) is 5.99. The molecule has 2 aromatic carbocycles. The van der Waals surface area contributed by atoms with Crippen molar-refractivity contribution >= 4 is 17.1 Å². The molecule has 0 aliphatic heterocycles. The second kappa shape index (κ2) is 9.55. The molecule has 7 heteroatoms. The summed E-state index contributed by atoms with van der Waals surface area (Å²) in [4.78, 5) is 27.0. The van der Waals surface area contributed by atoms with Gasteiger partial charge in [0.2, 0.25) is 5.78 Å². The summed E-state index contributed by atoms with van der Waals surface area (Å²) in [5, 5.41) is 0. The lowest BCUT2D eigenvalue weighted by Crippen LogP contribution is -2.23. The first-order chi connectivity index (χ1) is 15.0. The van der Waals surface area contributed by atoms with Crippen molar-refractivity contribution < 1.29 is 33.3 Å². The molecule has 31 heavy (non-hydrogen) atoms. The molecule has 2 aromatic rings. The molecule has 164 valence electrons. The largest absolute Gasteiger partial charge is 0.493 e. The summed E-state index contributed by atoms with van der Waals surface area (Å²) >= 11 is 0. The first-order valence-corrected chi connectivity index (χ1v) is 9.95. The van der Waals surface area contributed by atoms with Gasteiger partial charge in [0, 0.05) is 11.1 Å². The van der Waals surface area contributed by atoms with Gasteiger partial charge < -0.3 is 23.7 Å². The van der Waals surface area contributed by atoms with Gasteiger partial charge in [-0.2, -0.15) is 0 Å². The first-order valence-electron chi connectivity index (χ1n) is 9.95. The monoisotopic (exact) mass is 426 g/mol. The third-order valence-electron chi connectivity index (χ3n) is 5.09. The molecule has 0 saturated carbocycles. The van der Waals surface area contributed by atoms with E-state index < -0.39 is 0 Å². The van der Waals surface area contributed by atoms with Gasteiger partial charge in [-0.3, -0.25) is 9.59 Å². The molecule has 0 amide bonds. The minimum absolute atomic E-state index is 0.0189. The molecule has 7 nitrogen and oxygen atoms in total. The van der Waals surface area contributed by atoms with E-state index in [4.69, 9.17) is 23.7 Å². The lowest BCUT2D eigenvalue weighted by molar-refractivity contribution is 0.0889. The average molecular weight is 426 g/mol. The number of unbranched alkanes of at least 4 members (excludes halogenated alkanes) is 1. The number of Topliss-reactive ketones (excluding diaryl/α,β-unsaturated/α-hetero) is 2. The summed E-state index contributed by atoms with van der Waals surface area (Å²) in [5.74, 6) is 0.992. The van der Waals surface area contributed by atoms with E-state index in [9.17, 15) is 9.59 Å². The molecule has 0 N–H and O–H groups in total. The van der Waals surface area contributed by atoms with Gasteiger partial charge in [-0.05, 0) is 36.2 Å². The van der Waals surface area contributed by atoms with Gasteiger partial charge in [0.05, 0.1) is 40.6 Å². The highest BCUT2D eigenvalue weighted by molar-refractivity contribution is 6.40. The first kappa shape index (κ1) is 22.2. The average Bonchev–Trinajstić information content (AvgIpc) is 2.80. The van der Waals surface area contributed by atoms with Crippen LogP contribution in [0.2, 0.25) is 0 Å². The second-order valence-corrected chi connectivity index (χ2v) is 6.89. The number of hydrogen-bond donors (Lipinski definition) is 0. The van der Waals surface area contributed by atoms with E-state index in [1.165, 1.54) is 40.6 Å². The molecule has 0 fully saturated rings. The Morgan fingerprint density at radius 2 is 1.26 bits per heavy atom. The summed E-state index contributed by atoms with van der Waals surface area (Å²) in [6.45, 7) is 2.34. The summed E-state index contributed by atoms with van der Waals surface area (Å²) in [5.41, 5.74) is 1.14. The van der Waals surface area contributed by atoms with Crippen LogP contribution >= 0.6 is 0 Å². The van der Waals surface area contributed by atoms with Gasteiger partial charge in [0.25, 0.3) is 0 Å². The van der Waals surface area contributed by atoms with Crippen LogP contribution in [0.4, 0.5) is 0 Å². The van der Waals surface area contributed by atoms with Crippen molar-refractivity contribution in [3.8, 4) is 23.0 Å². The highest BCUT2D eigenvalue weighted by Crippen LogP contribution is 2.40. The molecule has 0 bridgehead atoms. The van der Waals surface area contributed by atoms with Crippen LogP contribution in [0.3, 0.4) is 0 Å². The van der Waals surface area contributed by atoms with E-state index in [0.717, 1.165) is 12.8 Å². The minimum atomic E-state index is -0.378. The third-order valence-corrected chi connectivity index (χ3v) is 5.09. The van der Waals surface area contributed by atoms with Crippen LogP contribution in [0, 0.1) is 0 Å². The van der Waals surface area contributed by atoms with Crippen LogP contribution in [0.1, 0.15) is 46.0 Å². The quantitative estimate of drug-likeness (QED) is 0.552. The van der Waals surface area contributed by atoms with Gasteiger partial charge in [0.1, 0.15) is 0 Å². The highest BCUT2D eigenvalue weighted by Gasteiger charge is 2.36. The van der Waals surface area contributed by atoms with Crippen LogP contribution in [0.15, 0.2) is 36.1 Å². The standard InChI is InChI=1S/C24H26O7/c1-6-7-10-31-24-21(14-8-9-17(27-2)18(11-14)28-3)22(25)15-12-19(29-4)20(30-5)13-16(15)23(24)26/h8-9,11-13H,6-7,10H2,1-5H3. The van der Waals surface area contributed by atoms with Gasteiger partial charge in [-0.15, -0.1) is 0 Å². The van der Waals surface area contributed by atoms with E-state index in [-0.39, 0.29) is 34.0 Å².